The molecule has 0 unspecified atom stereocenters. The van der Waals surface area contributed by atoms with E-state index in [2.05, 4.69) is 23.0 Å². The van der Waals surface area contributed by atoms with E-state index in [0.717, 1.165) is 25.9 Å². The van der Waals surface area contributed by atoms with Crippen molar-refractivity contribution in [3.63, 3.8) is 0 Å². The first-order valence-corrected chi connectivity index (χ1v) is 9.72. The number of pyridine rings is 1. The van der Waals surface area contributed by atoms with Crippen LogP contribution < -0.4 is 0 Å². The summed E-state index contributed by atoms with van der Waals surface area (Å²) in [5, 5.41) is 0. The highest BCUT2D eigenvalue weighted by atomic mass is 19.3. The highest BCUT2D eigenvalue weighted by molar-refractivity contribution is 5.81. The fraction of sp³-hybridized carbons (Fsp3) is 0.700. The van der Waals surface area contributed by atoms with Crippen molar-refractivity contribution in [2.75, 3.05) is 33.3 Å². The lowest BCUT2D eigenvalue weighted by Gasteiger charge is -2.54. The largest absolute Gasteiger partial charge is 0.371 e. The second kappa shape index (κ2) is 7.09. The third-order valence-corrected chi connectivity index (χ3v) is 6.09. The summed E-state index contributed by atoms with van der Waals surface area (Å²) in [4.78, 5) is 20.4. The zero-order valence-corrected chi connectivity index (χ0v) is 15.7. The molecule has 0 aromatic carbocycles. The van der Waals surface area contributed by atoms with Gasteiger partial charge in [0.15, 0.2) is 0 Å². The van der Waals surface area contributed by atoms with Gasteiger partial charge in [-0.15, -0.1) is 0 Å². The second-order valence-corrected chi connectivity index (χ2v) is 8.61. The maximum atomic E-state index is 13.0. The number of carbonyl (C=O) groups excluding carboxylic acids is 1. The summed E-state index contributed by atoms with van der Waals surface area (Å²) in [6.45, 7) is 3.65. The number of ether oxygens (including phenoxy) is 1. The van der Waals surface area contributed by atoms with Gasteiger partial charge >= 0.3 is 0 Å². The average molecular weight is 379 g/mol. The van der Waals surface area contributed by atoms with Crippen LogP contribution in [-0.2, 0) is 16.1 Å². The van der Waals surface area contributed by atoms with Crippen LogP contribution in [0.1, 0.15) is 31.2 Å². The van der Waals surface area contributed by atoms with Crippen LogP contribution in [0.2, 0.25) is 0 Å². The lowest BCUT2D eigenvalue weighted by molar-refractivity contribution is -0.201. The highest BCUT2D eigenvalue weighted by Crippen LogP contribution is 2.45. The average Bonchev–Trinajstić information content (AvgIpc) is 2.58. The summed E-state index contributed by atoms with van der Waals surface area (Å²) in [5.74, 6) is -2.77. The van der Waals surface area contributed by atoms with Gasteiger partial charge < -0.3 is 14.5 Å². The molecule has 7 heteroatoms. The molecule has 5 nitrogen and oxygen atoms in total. The van der Waals surface area contributed by atoms with E-state index in [1.807, 2.05) is 12.3 Å². The van der Waals surface area contributed by atoms with Crippen molar-refractivity contribution in [2.45, 2.75) is 43.8 Å². The fourth-order valence-electron chi connectivity index (χ4n) is 4.52. The molecule has 1 spiro atoms. The number of alkyl halides is 2. The van der Waals surface area contributed by atoms with E-state index in [-0.39, 0.29) is 24.3 Å². The Labute approximate surface area is 158 Å². The van der Waals surface area contributed by atoms with Gasteiger partial charge in [0.25, 0.3) is 0 Å². The Morgan fingerprint density at radius 2 is 2.19 bits per heavy atom. The van der Waals surface area contributed by atoms with Crippen molar-refractivity contribution in [3.8, 4) is 0 Å². The van der Waals surface area contributed by atoms with E-state index in [4.69, 9.17) is 4.74 Å². The molecular weight excluding hydrogens is 352 g/mol. The minimum absolute atomic E-state index is 0.117. The summed E-state index contributed by atoms with van der Waals surface area (Å²) < 4.78 is 32.1. The number of hydrogen-bond donors (Lipinski definition) is 0. The van der Waals surface area contributed by atoms with Crippen molar-refractivity contribution in [1.29, 1.82) is 0 Å². The maximum absolute atomic E-state index is 13.0. The Hall–Kier alpha value is -1.60. The van der Waals surface area contributed by atoms with E-state index >= 15 is 0 Å². The number of rotatable bonds is 5. The van der Waals surface area contributed by atoms with E-state index in [1.165, 1.54) is 5.56 Å². The molecule has 1 aromatic heterocycles. The number of nitrogens with zero attached hydrogens (tertiary/aromatic N) is 3. The van der Waals surface area contributed by atoms with Crippen molar-refractivity contribution in [3.05, 3.63) is 30.1 Å². The molecule has 2 aliphatic heterocycles. The molecule has 1 aromatic rings. The molecule has 3 heterocycles. The predicted octanol–water partition coefficient (Wildman–Crippen LogP) is 2.57. The minimum atomic E-state index is -2.64. The molecular formula is C20H27F2N3O2. The Balaban J connectivity index is 1.18. The molecule has 1 amide bonds. The van der Waals surface area contributed by atoms with E-state index < -0.39 is 11.8 Å². The van der Waals surface area contributed by atoms with Gasteiger partial charge in [0.05, 0.1) is 19.7 Å². The van der Waals surface area contributed by atoms with Crippen LogP contribution in [-0.4, -0.2) is 65.5 Å². The molecule has 1 atom stereocenters. The number of halogens is 2. The van der Waals surface area contributed by atoms with Crippen molar-refractivity contribution in [2.24, 2.45) is 11.8 Å². The van der Waals surface area contributed by atoms with Crippen molar-refractivity contribution < 1.29 is 18.3 Å². The first kappa shape index (κ1) is 18.7. The SMILES string of the molecule is CN(Cc1cccnc1)C[C@H]1CCC2(CN(C(=O)C3CC(F)(F)C3)C2)OC1. The van der Waals surface area contributed by atoms with Gasteiger partial charge in [-0.05, 0) is 37.4 Å². The molecule has 3 fully saturated rings. The predicted molar refractivity (Wildman–Crippen MR) is 96.2 cm³/mol. The molecule has 1 saturated carbocycles. The van der Waals surface area contributed by atoms with Crippen LogP contribution in [0.15, 0.2) is 24.5 Å². The number of likely N-dealkylation sites (tertiary alicyclic amines) is 1. The molecule has 3 aliphatic rings. The summed E-state index contributed by atoms with van der Waals surface area (Å²) in [7, 11) is 2.11. The van der Waals surface area contributed by atoms with Crippen LogP contribution in [0.4, 0.5) is 8.78 Å². The van der Waals surface area contributed by atoms with E-state index in [9.17, 15) is 13.6 Å². The Morgan fingerprint density at radius 3 is 2.78 bits per heavy atom. The smallest absolute Gasteiger partial charge is 0.249 e. The zero-order valence-electron chi connectivity index (χ0n) is 15.7. The first-order chi connectivity index (χ1) is 12.8. The molecule has 0 bridgehead atoms. The van der Waals surface area contributed by atoms with Crippen molar-refractivity contribution >= 4 is 5.91 Å². The van der Waals surface area contributed by atoms with Gasteiger partial charge in [-0.3, -0.25) is 9.78 Å². The Kier molecular flexibility index (Phi) is 4.93. The molecule has 0 N–H and O–H groups in total. The monoisotopic (exact) mass is 379 g/mol. The van der Waals surface area contributed by atoms with Gasteiger partial charge in [-0.1, -0.05) is 6.07 Å². The van der Waals surface area contributed by atoms with Crippen molar-refractivity contribution in [1.82, 2.24) is 14.8 Å². The molecule has 148 valence electrons. The number of carbonyl (C=O) groups is 1. The molecule has 4 rings (SSSR count). The molecule has 27 heavy (non-hydrogen) atoms. The van der Waals surface area contributed by atoms with E-state index in [0.29, 0.717) is 25.6 Å². The summed E-state index contributed by atoms with van der Waals surface area (Å²) >= 11 is 0. The Morgan fingerprint density at radius 1 is 1.41 bits per heavy atom. The lowest BCUT2D eigenvalue weighted by Crippen LogP contribution is -2.68. The summed E-state index contributed by atoms with van der Waals surface area (Å²) in [5.41, 5.74) is 0.961. The van der Waals surface area contributed by atoms with Gasteiger partial charge in [-0.25, -0.2) is 8.78 Å². The topological polar surface area (TPSA) is 45.7 Å². The molecule has 1 aliphatic carbocycles. The summed E-state index contributed by atoms with van der Waals surface area (Å²) in [6, 6.07) is 4.03. The quantitative estimate of drug-likeness (QED) is 0.789. The zero-order chi connectivity index (χ0) is 19.1. The highest BCUT2D eigenvalue weighted by Gasteiger charge is 2.54. The minimum Gasteiger partial charge on any atom is -0.371 e. The normalized spacial score (nSPS) is 26.7. The van der Waals surface area contributed by atoms with Gasteiger partial charge in [0.2, 0.25) is 11.8 Å². The number of aromatic nitrogens is 1. The van der Waals surface area contributed by atoms with Gasteiger partial charge in [-0.2, -0.15) is 0 Å². The fourth-order valence-corrected chi connectivity index (χ4v) is 4.52. The third-order valence-electron chi connectivity index (χ3n) is 6.09. The molecule has 2 saturated heterocycles. The maximum Gasteiger partial charge on any atom is 0.249 e. The van der Waals surface area contributed by atoms with E-state index in [1.54, 1.807) is 11.1 Å². The summed E-state index contributed by atoms with van der Waals surface area (Å²) in [6.07, 6.45) is 5.09. The Bertz CT molecular complexity index is 661. The van der Waals surface area contributed by atoms with Crippen LogP contribution in [0.5, 0.6) is 0 Å². The number of hydrogen-bond acceptors (Lipinski definition) is 4. The number of amides is 1. The van der Waals surface area contributed by atoms with Crippen LogP contribution in [0.25, 0.3) is 0 Å². The molecule has 0 radical (unpaired) electrons. The standard InChI is InChI=1S/C20H27F2N3O2/c1-24(10-15-3-2-6-23-9-15)11-16-4-5-19(27-12-16)13-25(14-19)18(26)17-7-20(21,22)8-17/h2-3,6,9,16-17H,4-5,7-8,10-14H2,1H3/t16-/m1/s1. The van der Waals surface area contributed by atoms with Crippen LogP contribution in [0.3, 0.4) is 0 Å². The first-order valence-electron chi connectivity index (χ1n) is 9.72. The van der Waals surface area contributed by atoms with Crippen LogP contribution >= 0.6 is 0 Å². The third kappa shape index (κ3) is 4.14. The lowest BCUT2D eigenvalue weighted by atomic mass is 9.77. The van der Waals surface area contributed by atoms with Gasteiger partial charge in [0.1, 0.15) is 5.60 Å². The van der Waals surface area contributed by atoms with Gasteiger partial charge in [0, 0.05) is 44.2 Å². The second-order valence-electron chi connectivity index (χ2n) is 8.61. The van der Waals surface area contributed by atoms with Crippen LogP contribution in [0, 0.1) is 11.8 Å².